The number of ether oxygens (including phenoxy) is 1. The Morgan fingerprint density at radius 2 is 1.77 bits per heavy atom. The number of thioether (sulfide) groups is 1. The topological polar surface area (TPSA) is 112 Å². The summed E-state index contributed by atoms with van der Waals surface area (Å²) < 4.78 is 5.36. The number of alkyl carbamates (subject to hydrolysis) is 1. The molecule has 0 saturated heterocycles. The van der Waals surface area contributed by atoms with Crippen molar-refractivity contribution >= 4 is 29.7 Å². The van der Waals surface area contributed by atoms with Crippen molar-refractivity contribution in [3.8, 4) is 6.07 Å². The third-order valence-electron chi connectivity index (χ3n) is 5.12. The number of carbonyl (C=O) groups is 3. The molecule has 194 valence electrons. The zero-order chi connectivity index (χ0) is 27.0. The fraction of sp³-hybridized carbons (Fsp3) is 0.615. The molecule has 9 heteroatoms. The lowest BCUT2D eigenvalue weighted by Gasteiger charge is -2.35. The Bertz CT molecular complexity index is 944. The van der Waals surface area contributed by atoms with Gasteiger partial charge in [0.1, 0.15) is 24.2 Å². The minimum absolute atomic E-state index is 0.319. The van der Waals surface area contributed by atoms with Crippen LogP contribution in [0.1, 0.15) is 70.7 Å². The first-order valence-corrected chi connectivity index (χ1v) is 13.0. The first-order chi connectivity index (χ1) is 16.1. The van der Waals surface area contributed by atoms with Crippen molar-refractivity contribution in [3.63, 3.8) is 0 Å². The number of carbonyl (C=O) groups excluding carboxylic acids is 3. The zero-order valence-electron chi connectivity index (χ0n) is 22.4. The Hall–Kier alpha value is -2.73. The van der Waals surface area contributed by atoms with Crippen molar-refractivity contribution in [2.45, 2.75) is 85.0 Å². The summed E-state index contributed by atoms with van der Waals surface area (Å²) >= 11 is 1.53. The number of nitrogens with zero attached hydrogens (tertiary/aromatic N) is 2. The van der Waals surface area contributed by atoms with Gasteiger partial charge < -0.3 is 20.3 Å². The lowest BCUT2D eigenvalue weighted by atomic mass is 9.94. The molecule has 1 rings (SSSR count). The molecule has 0 aliphatic rings. The predicted molar refractivity (Wildman–Crippen MR) is 140 cm³/mol. The van der Waals surface area contributed by atoms with E-state index in [0.29, 0.717) is 17.7 Å². The molecule has 0 bridgehead atoms. The van der Waals surface area contributed by atoms with Gasteiger partial charge in [-0.05, 0) is 90.5 Å². The Labute approximate surface area is 214 Å². The third kappa shape index (κ3) is 9.81. The van der Waals surface area contributed by atoms with Gasteiger partial charge in [0, 0.05) is 5.54 Å². The highest BCUT2D eigenvalue weighted by Crippen LogP contribution is 2.28. The summed E-state index contributed by atoms with van der Waals surface area (Å²) in [6.45, 7) is 14.3. The fourth-order valence-corrected chi connectivity index (χ4v) is 3.95. The van der Waals surface area contributed by atoms with Gasteiger partial charge in [0.25, 0.3) is 0 Å². The van der Waals surface area contributed by atoms with E-state index in [-0.39, 0.29) is 6.54 Å². The highest BCUT2D eigenvalue weighted by molar-refractivity contribution is 7.98. The van der Waals surface area contributed by atoms with E-state index < -0.39 is 41.1 Å². The van der Waals surface area contributed by atoms with Crippen molar-refractivity contribution in [2.24, 2.45) is 0 Å². The van der Waals surface area contributed by atoms with Crippen LogP contribution in [-0.2, 0) is 14.3 Å². The van der Waals surface area contributed by atoms with Crippen molar-refractivity contribution in [1.29, 1.82) is 5.26 Å². The molecule has 3 amide bonds. The number of aryl methyl sites for hydroxylation is 1. The Morgan fingerprint density at radius 1 is 1.14 bits per heavy atom. The minimum atomic E-state index is -1.04. The number of nitriles is 1. The van der Waals surface area contributed by atoms with E-state index in [0.717, 1.165) is 11.1 Å². The molecule has 1 aromatic rings. The van der Waals surface area contributed by atoms with Crippen LogP contribution in [0.15, 0.2) is 18.2 Å². The Kier molecular flexibility index (Phi) is 11.1. The summed E-state index contributed by atoms with van der Waals surface area (Å²) in [5.74, 6) is -0.313. The molecule has 0 aliphatic heterocycles. The molecule has 2 atom stereocenters. The van der Waals surface area contributed by atoms with Gasteiger partial charge >= 0.3 is 6.09 Å². The van der Waals surface area contributed by atoms with Gasteiger partial charge in [-0.1, -0.05) is 18.2 Å². The average molecular weight is 505 g/mol. The Balaban J connectivity index is 3.53. The van der Waals surface area contributed by atoms with Crippen molar-refractivity contribution < 1.29 is 19.1 Å². The molecule has 0 radical (unpaired) electrons. The molecular formula is C26H40N4O4S. The van der Waals surface area contributed by atoms with Crippen LogP contribution in [0.5, 0.6) is 0 Å². The third-order valence-corrected chi connectivity index (χ3v) is 5.77. The largest absolute Gasteiger partial charge is 0.444 e. The molecular weight excluding hydrogens is 464 g/mol. The van der Waals surface area contributed by atoms with Crippen LogP contribution in [0.25, 0.3) is 0 Å². The average Bonchev–Trinajstić information content (AvgIpc) is 2.70. The van der Waals surface area contributed by atoms with Crippen LogP contribution in [0.4, 0.5) is 4.79 Å². The molecule has 0 aliphatic carbocycles. The van der Waals surface area contributed by atoms with Crippen molar-refractivity contribution in [3.05, 3.63) is 34.9 Å². The van der Waals surface area contributed by atoms with Gasteiger partial charge in [0.2, 0.25) is 11.8 Å². The first kappa shape index (κ1) is 30.3. The van der Waals surface area contributed by atoms with E-state index in [4.69, 9.17) is 4.74 Å². The minimum Gasteiger partial charge on any atom is -0.444 e. The molecule has 0 fully saturated rings. The van der Waals surface area contributed by atoms with Crippen LogP contribution in [0.3, 0.4) is 0 Å². The summed E-state index contributed by atoms with van der Waals surface area (Å²) in [6.07, 6.45) is 1.50. The number of nitrogens with one attached hydrogen (secondary N) is 2. The highest BCUT2D eigenvalue weighted by Gasteiger charge is 2.37. The number of hydrogen-bond donors (Lipinski definition) is 2. The van der Waals surface area contributed by atoms with E-state index in [2.05, 4.69) is 10.6 Å². The molecule has 35 heavy (non-hydrogen) atoms. The van der Waals surface area contributed by atoms with E-state index >= 15 is 0 Å². The standard InChI is InChI=1S/C26H40N4O4S/c1-17-11-10-12-19(18(17)2)21(22(31)29-25(3,4)5)30(15-14-27)23(32)20(13-16-35-9)28-24(33)34-26(6,7)8/h10-12,20-21H,13,15-16H2,1-9H3,(H,28,33)(H,29,31). The maximum absolute atomic E-state index is 13.8. The maximum Gasteiger partial charge on any atom is 0.408 e. The maximum atomic E-state index is 13.8. The lowest BCUT2D eigenvalue weighted by molar-refractivity contribution is -0.142. The van der Waals surface area contributed by atoms with E-state index in [1.54, 1.807) is 26.8 Å². The van der Waals surface area contributed by atoms with Gasteiger partial charge in [-0.3, -0.25) is 9.59 Å². The van der Waals surface area contributed by atoms with Crippen LogP contribution in [0, 0.1) is 25.2 Å². The molecule has 0 saturated carbocycles. The smallest absolute Gasteiger partial charge is 0.408 e. The lowest BCUT2D eigenvalue weighted by Crippen LogP contribution is -2.55. The fourth-order valence-electron chi connectivity index (χ4n) is 3.47. The van der Waals surface area contributed by atoms with E-state index in [1.807, 2.05) is 59.1 Å². The first-order valence-electron chi connectivity index (χ1n) is 11.6. The van der Waals surface area contributed by atoms with Crippen molar-refractivity contribution in [1.82, 2.24) is 15.5 Å². The van der Waals surface area contributed by atoms with Crippen LogP contribution < -0.4 is 10.6 Å². The summed E-state index contributed by atoms with van der Waals surface area (Å²) in [6, 6.07) is 5.58. The summed E-state index contributed by atoms with van der Waals surface area (Å²) in [5, 5.41) is 15.2. The number of benzene rings is 1. The van der Waals surface area contributed by atoms with Gasteiger partial charge in [-0.2, -0.15) is 17.0 Å². The zero-order valence-corrected chi connectivity index (χ0v) is 23.3. The van der Waals surface area contributed by atoms with Gasteiger partial charge in [-0.25, -0.2) is 4.79 Å². The van der Waals surface area contributed by atoms with Crippen molar-refractivity contribution in [2.75, 3.05) is 18.6 Å². The van der Waals surface area contributed by atoms with Crippen LogP contribution in [0.2, 0.25) is 0 Å². The van der Waals surface area contributed by atoms with E-state index in [9.17, 15) is 19.6 Å². The highest BCUT2D eigenvalue weighted by atomic mass is 32.2. The van der Waals surface area contributed by atoms with Gasteiger partial charge in [0.15, 0.2) is 0 Å². The monoisotopic (exact) mass is 504 g/mol. The number of rotatable bonds is 9. The molecule has 1 aromatic carbocycles. The molecule has 8 nitrogen and oxygen atoms in total. The molecule has 2 unspecified atom stereocenters. The van der Waals surface area contributed by atoms with Crippen LogP contribution in [-0.4, -0.2) is 58.5 Å². The summed E-state index contributed by atoms with van der Waals surface area (Å²) in [7, 11) is 0. The summed E-state index contributed by atoms with van der Waals surface area (Å²) in [4.78, 5) is 41.2. The van der Waals surface area contributed by atoms with Gasteiger partial charge in [-0.15, -0.1) is 0 Å². The second-order valence-electron chi connectivity index (χ2n) is 10.5. The molecule has 2 N–H and O–H groups in total. The normalized spacial score (nSPS) is 13.3. The van der Waals surface area contributed by atoms with Crippen LogP contribution >= 0.6 is 11.8 Å². The second-order valence-corrected chi connectivity index (χ2v) is 11.5. The predicted octanol–water partition coefficient (Wildman–Crippen LogP) is 4.26. The summed E-state index contributed by atoms with van der Waals surface area (Å²) in [5.41, 5.74) is 1.17. The molecule has 0 heterocycles. The quantitative estimate of drug-likeness (QED) is 0.486. The van der Waals surface area contributed by atoms with E-state index in [1.165, 1.54) is 16.7 Å². The number of amides is 3. The molecule has 0 aromatic heterocycles. The molecule has 0 spiro atoms. The SMILES string of the molecule is CSCCC(NC(=O)OC(C)(C)C)C(=O)N(CC#N)C(C(=O)NC(C)(C)C)c1cccc(C)c1C. The Morgan fingerprint density at radius 3 is 2.29 bits per heavy atom. The number of hydrogen-bond acceptors (Lipinski definition) is 6. The second kappa shape index (κ2) is 12.8. The van der Waals surface area contributed by atoms with Gasteiger partial charge in [0.05, 0.1) is 6.07 Å².